The minimum atomic E-state index is 0.480. The summed E-state index contributed by atoms with van der Waals surface area (Å²) < 4.78 is 0. The summed E-state index contributed by atoms with van der Waals surface area (Å²) in [4.78, 5) is 0. The maximum Gasteiger partial charge on any atom is 0.0459 e. The summed E-state index contributed by atoms with van der Waals surface area (Å²) in [6.07, 6.45) is 1.86. The summed E-state index contributed by atoms with van der Waals surface area (Å²) in [5.74, 6) is 1.01. The molecule has 2 rings (SSSR count). The van der Waals surface area contributed by atoms with Gasteiger partial charge in [0.05, 0.1) is 0 Å². The lowest BCUT2D eigenvalue weighted by Gasteiger charge is -2.15. The van der Waals surface area contributed by atoms with Gasteiger partial charge in [0.25, 0.3) is 0 Å². The van der Waals surface area contributed by atoms with E-state index in [1.807, 2.05) is 0 Å². The summed E-state index contributed by atoms with van der Waals surface area (Å²) in [6, 6.07) is 12.8. The Morgan fingerprint density at radius 3 is 2.09 bits per heavy atom. The fourth-order valence-electron chi connectivity index (χ4n) is 2.58. The molecular formula is C20H24Cl2. The largest absolute Gasteiger partial charge is 0.0840 e. The third-order valence-electron chi connectivity index (χ3n) is 4.34. The highest BCUT2D eigenvalue weighted by atomic mass is 35.5. The van der Waals surface area contributed by atoms with E-state index >= 15 is 0 Å². The molecule has 0 saturated heterocycles. The summed E-state index contributed by atoms with van der Waals surface area (Å²) in [5, 5.41) is 1.55. The van der Waals surface area contributed by atoms with E-state index in [2.05, 4.69) is 64.1 Å². The SMILES string of the molecule is CCC(C)c1cc(Cl)c(Cc2cccc(C(C)C)c2)c(Cl)c1. The molecule has 2 aromatic rings. The maximum absolute atomic E-state index is 6.50. The smallest absolute Gasteiger partial charge is 0.0459 e. The average molecular weight is 335 g/mol. The first-order chi connectivity index (χ1) is 10.4. The third-order valence-corrected chi connectivity index (χ3v) is 5.02. The normalized spacial score (nSPS) is 12.7. The first-order valence-corrected chi connectivity index (χ1v) is 8.74. The number of rotatable bonds is 5. The van der Waals surface area contributed by atoms with Gasteiger partial charge in [-0.05, 0) is 52.6 Å². The van der Waals surface area contributed by atoms with E-state index in [4.69, 9.17) is 23.2 Å². The molecule has 0 aliphatic heterocycles. The number of hydrogen-bond donors (Lipinski definition) is 0. The van der Waals surface area contributed by atoms with Crippen LogP contribution in [0.25, 0.3) is 0 Å². The fraction of sp³-hybridized carbons (Fsp3) is 0.400. The number of benzene rings is 2. The van der Waals surface area contributed by atoms with Gasteiger partial charge in [0.2, 0.25) is 0 Å². The molecule has 0 bridgehead atoms. The topological polar surface area (TPSA) is 0 Å². The molecule has 0 amide bonds. The Hall–Kier alpha value is -0.980. The molecule has 2 heteroatoms. The van der Waals surface area contributed by atoms with Crippen LogP contribution in [-0.2, 0) is 6.42 Å². The molecule has 118 valence electrons. The molecule has 2 aromatic carbocycles. The van der Waals surface area contributed by atoms with Gasteiger partial charge in [-0.1, -0.05) is 75.2 Å². The zero-order valence-electron chi connectivity index (χ0n) is 13.8. The van der Waals surface area contributed by atoms with Gasteiger partial charge in [-0.15, -0.1) is 0 Å². The monoisotopic (exact) mass is 334 g/mol. The zero-order chi connectivity index (χ0) is 16.3. The lowest BCUT2D eigenvalue weighted by Crippen LogP contribution is -1.97. The van der Waals surface area contributed by atoms with Gasteiger partial charge < -0.3 is 0 Å². The van der Waals surface area contributed by atoms with Crippen LogP contribution in [0.1, 0.15) is 68.2 Å². The van der Waals surface area contributed by atoms with Crippen molar-refractivity contribution in [3.8, 4) is 0 Å². The van der Waals surface area contributed by atoms with Crippen LogP contribution >= 0.6 is 23.2 Å². The quantitative estimate of drug-likeness (QED) is 0.541. The lowest BCUT2D eigenvalue weighted by molar-refractivity contribution is 0.733. The van der Waals surface area contributed by atoms with Crippen molar-refractivity contribution < 1.29 is 0 Å². The van der Waals surface area contributed by atoms with Crippen molar-refractivity contribution in [1.29, 1.82) is 0 Å². The lowest BCUT2D eigenvalue weighted by atomic mass is 9.94. The Balaban J connectivity index is 2.32. The molecule has 1 unspecified atom stereocenters. The first kappa shape index (κ1) is 17.4. The van der Waals surface area contributed by atoms with Crippen molar-refractivity contribution in [1.82, 2.24) is 0 Å². The average Bonchev–Trinajstić information content (AvgIpc) is 2.50. The Morgan fingerprint density at radius 2 is 1.55 bits per heavy atom. The predicted octanol–water partition coefficient (Wildman–Crippen LogP) is 7.22. The molecule has 0 spiro atoms. The van der Waals surface area contributed by atoms with E-state index in [-0.39, 0.29) is 0 Å². The van der Waals surface area contributed by atoms with Crippen molar-refractivity contribution in [2.45, 2.75) is 52.4 Å². The van der Waals surface area contributed by atoms with Gasteiger partial charge in [-0.25, -0.2) is 0 Å². The Kier molecular flexibility index (Phi) is 5.94. The summed E-state index contributed by atoms with van der Waals surface area (Å²) >= 11 is 13.0. The van der Waals surface area contributed by atoms with Crippen molar-refractivity contribution in [3.05, 3.63) is 68.7 Å². The Bertz CT molecular complexity index is 621. The van der Waals surface area contributed by atoms with Crippen LogP contribution in [0.2, 0.25) is 10.0 Å². The Labute approximate surface area is 144 Å². The van der Waals surface area contributed by atoms with Crippen LogP contribution in [-0.4, -0.2) is 0 Å². The molecule has 0 fully saturated rings. The fourth-order valence-corrected chi connectivity index (χ4v) is 3.22. The van der Waals surface area contributed by atoms with Crippen molar-refractivity contribution in [2.75, 3.05) is 0 Å². The molecular weight excluding hydrogens is 311 g/mol. The highest BCUT2D eigenvalue weighted by molar-refractivity contribution is 6.36. The molecule has 0 N–H and O–H groups in total. The van der Waals surface area contributed by atoms with Gasteiger partial charge >= 0.3 is 0 Å². The van der Waals surface area contributed by atoms with E-state index in [0.29, 0.717) is 11.8 Å². The molecule has 0 aliphatic carbocycles. The minimum Gasteiger partial charge on any atom is -0.0840 e. The van der Waals surface area contributed by atoms with Crippen LogP contribution < -0.4 is 0 Å². The molecule has 0 aromatic heterocycles. The Morgan fingerprint density at radius 1 is 0.909 bits per heavy atom. The highest BCUT2D eigenvalue weighted by Crippen LogP contribution is 2.33. The van der Waals surface area contributed by atoms with Gasteiger partial charge in [0.15, 0.2) is 0 Å². The van der Waals surface area contributed by atoms with Gasteiger partial charge in [-0.2, -0.15) is 0 Å². The van der Waals surface area contributed by atoms with Crippen LogP contribution in [0.4, 0.5) is 0 Å². The summed E-state index contributed by atoms with van der Waals surface area (Å²) in [5.41, 5.74) is 4.85. The van der Waals surface area contributed by atoms with Crippen LogP contribution in [0, 0.1) is 0 Å². The highest BCUT2D eigenvalue weighted by Gasteiger charge is 2.12. The second-order valence-corrected chi connectivity index (χ2v) is 7.16. The summed E-state index contributed by atoms with van der Waals surface area (Å²) in [6.45, 7) is 8.80. The van der Waals surface area contributed by atoms with E-state index < -0.39 is 0 Å². The van der Waals surface area contributed by atoms with Crippen LogP contribution in [0.3, 0.4) is 0 Å². The second kappa shape index (κ2) is 7.53. The predicted molar refractivity (Wildman–Crippen MR) is 98.5 cm³/mol. The minimum absolute atomic E-state index is 0.480. The third kappa shape index (κ3) is 4.06. The standard InChI is InChI=1S/C20H24Cl2/c1-5-14(4)17-11-19(21)18(20(22)12-17)10-15-7-6-8-16(9-15)13(2)3/h6-9,11-14H,5,10H2,1-4H3. The van der Waals surface area contributed by atoms with Crippen LogP contribution in [0.15, 0.2) is 36.4 Å². The van der Waals surface area contributed by atoms with E-state index in [1.165, 1.54) is 16.7 Å². The molecule has 22 heavy (non-hydrogen) atoms. The molecule has 1 atom stereocenters. The van der Waals surface area contributed by atoms with Crippen molar-refractivity contribution in [2.24, 2.45) is 0 Å². The van der Waals surface area contributed by atoms with Gasteiger partial charge in [-0.3, -0.25) is 0 Å². The van der Waals surface area contributed by atoms with Crippen LogP contribution in [0.5, 0.6) is 0 Å². The maximum atomic E-state index is 6.50. The molecule has 0 aliphatic rings. The molecule has 0 saturated carbocycles. The van der Waals surface area contributed by atoms with E-state index in [9.17, 15) is 0 Å². The van der Waals surface area contributed by atoms with Gasteiger partial charge in [0, 0.05) is 16.5 Å². The second-order valence-electron chi connectivity index (χ2n) is 6.35. The van der Waals surface area contributed by atoms with Crippen molar-refractivity contribution in [3.63, 3.8) is 0 Å². The first-order valence-electron chi connectivity index (χ1n) is 7.99. The van der Waals surface area contributed by atoms with E-state index in [1.54, 1.807) is 0 Å². The molecule has 0 nitrogen and oxygen atoms in total. The zero-order valence-corrected chi connectivity index (χ0v) is 15.3. The molecule has 0 radical (unpaired) electrons. The number of hydrogen-bond acceptors (Lipinski definition) is 0. The van der Waals surface area contributed by atoms with Crippen molar-refractivity contribution >= 4 is 23.2 Å². The van der Waals surface area contributed by atoms with E-state index in [0.717, 1.165) is 28.5 Å². The summed E-state index contributed by atoms with van der Waals surface area (Å²) in [7, 11) is 0. The number of halogens is 2. The van der Waals surface area contributed by atoms with Gasteiger partial charge in [0.1, 0.15) is 0 Å². The molecule has 0 heterocycles.